The number of anilines is 1. The van der Waals surface area contributed by atoms with Gasteiger partial charge in [0, 0.05) is 29.0 Å². The molecule has 2 N–H and O–H groups in total. The molecular formula is C21H21N3O4. The largest absolute Gasteiger partial charge is 0.508 e. The van der Waals surface area contributed by atoms with E-state index in [9.17, 15) is 9.90 Å². The lowest BCUT2D eigenvalue weighted by Crippen LogP contribution is -2.25. The minimum absolute atomic E-state index is 0.124. The summed E-state index contributed by atoms with van der Waals surface area (Å²) in [7, 11) is 3.20. The SMILES string of the molecule is COc1ccc(O)c([C@H]2CC(=O)Nc3c2cnn3Cc2ccccc2OC)c1. The zero-order chi connectivity index (χ0) is 19.7. The summed E-state index contributed by atoms with van der Waals surface area (Å²) in [5.41, 5.74) is 2.46. The van der Waals surface area contributed by atoms with E-state index < -0.39 is 0 Å². The summed E-state index contributed by atoms with van der Waals surface area (Å²) in [6.07, 6.45) is 1.97. The molecule has 0 bridgehead atoms. The number of amides is 1. The van der Waals surface area contributed by atoms with E-state index in [0.717, 1.165) is 16.9 Å². The monoisotopic (exact) mass is 379 g/mol. The van der Waals surface area contributed by atoms with Crippen molar-refractivity contribution in [2.24, 2.45) is 0 Å². The van der Waals surface area contributed by atoms with Crippen LogP contribution in [0.15, 0.2) is 48.7 Å². The maximum absolute atomic E-state index is 12.4. The van der Waals surface area contributed by atoms with E-state index in [1.54, 1.807) is 43.3 Å². The van der Waals surface area contributed by atoms with Crippen LogP contribution in [-0.4, -0.2) is 35.0 Å². The second-order valence-electron chi connectivity index (χ2n) is 6.65. The molecule has 2 aromatic carbocycles. The molecule has 4 rings (SSSR count). The van der Waals surface area contributed by atoms with Crippen molar-refractivity contribution >= 4 is 11.7 Å². The van der Waals surface area contributed by atoms with E-state index >= 15 is 0 Å². The number of aromatic nitrogens is 2. The zero-order valence-corrected chi connectivity index (χ0v) is 15.7. The van der Waals surface area contributed by atoms with Gasteiger partial charge in [-0.1, -0.05) is 18.2 Å². The fourth-order valence-electron chi connectivity index (χ4n) is 3.60. The highest BCUT2D eigenvalue weighted by molar-refractivity contribution is 5.94. The molecule has 1 atom stereocenters. The van der Waals surface area contributed by atoms with Gasteiger partial charge in [-0.3, -0.25) is 4.79 Å². The first-order valence-corrected chi connectivity index (χ1v) is 8.95. The Bertz CT molecular complexity index is 1030. The number of phenols is 1. The molecule has 0 aliphatic carbocycles. The molecule has 2 heterocycles. The van der Waals surface area contributed by atoms with Gasteiger partial charge < -0.3 is 19.9 Å². The van der Waals surface area contributed by atoms with Crippen molar-refractivity contribution in [1.29, 1.82) is 0 Å². The number of carbonyl (C=O) groups is 1. The van der Waals surface area contributed by atoms with E-state index in [1.165, 1.54) is 0 Å². The normalized spacial score (nSPS) is 15.6. The molecule has 0 radical (unpaired) electrons. The van der Waals surface area contributed by atoms with Gasteiger partial charge in [0.25, 0.3) is 0 Å². The highest BCUT2D eigenvalue weighted by Gasteiger charge is 2.32. The minimum Gasteiger partial charge on any atom is -0.508 e. The lowest BCUT2D eigenvalue weighted by atomic mass is 9.86. The fourth-order valence-corrected chi connectivity index (χ4v) is 3.60. The molecule has 1 aliphatic heterocycles. The Morgan fingerprint density at radius 3 is 2.79 bits per heavy atom. The first-order valence-electron chi connectivity index (χ1n) is 8.95. The van der Waals surface area contributed by atoms with Gasteiger partial charge in [0.15, 0.2) is 0 Å². The summed E-state index contributed by atoms with van der Waals surface area (Å²) in [5, 5.41) is 17.8. The summed E-state index contributed by atoms with van der Waals surface area (Å²) in [5.74, 6) is 1.72. The van der Waals surface area contributed by atoms with E-state index in [1.807, 2.05) is 24.3 Å². The van der Waals surface area contributed by atoms with Crippen LogP contribution in [0.4, 0.5) is 5.82 Å². The number of ether oxygens (including phenoxy) is 2. The molecule has 3 aromatic rings. The molecule has 0 saturated heterocycles. The number of methoxy groups -OCH3 is 2. The van der Waals surface area contributed by atoms with Crippen LogP contribution in [0, 0.1) is 0 Å². The molecule has 7 nitrogen and oxygen atoms in total. The average molecular weight is 379 g/mol. The number of fused-ring (bicyclic) bond motifs is 1. The first kappa shape index (κ1) is 17.9. The van der Waals surface area contributed by atoms with Crippen molar-refractivity contribution in [3.8, 4) is 17.2 Å². The predicted molar refractivity (Wildman–Crippen MR) is 104 cm³/mol. The number of phenolic OH excluding ortho intramolecular Hbond substituents is 1. The van der Waals surface area contributed by atoms with Crippen LogP contribution in [-0.2, 0) is 11.3 Å². The Morgan fingerprint density at radius 1 is 1.18 bits per heavy atom. The Kier molecular flexibility index (Phi) is 4.65. The van der Waals surface area contributed by atoms with Crippen LogP contribution in [0.25, 0.3) is 0 Å². The van der Waals surface area contributed by atoms with Gasteiger partial charge in [0.05, 0.1) is 27.0 Å². The highest BCUT2D eigenvalue weighted by Crippen LogP contribution is 2.41. The van der Waals surface area contributed by atoms with Gasteiger partial charge in [0.2, 0.25) is 5.91 Å². The Morgan fingerprint density at radius 2 is 2.00 bits per heavy atom. The number of nitrogens with one attached hydrogen (secondary N) is 1. The molecular weight excluding hydrogens is 358 g/mol. The van der Waals surface area contributed by atoms with Crippen LogP contribution in [0.5, 0.6) is 17.2 Å². The summed E-state index contributed by atoms with van der Waals surface area (Å²) in [4.78, 5) is 12.4. The average Bonchev–Trinajstić information content (AvgIpc) is 3.11. The van der Waals surface area contributed by atoms with Crippen LogP contribution >= 0.6 is 0 Å². The van der Waals surface area contributed by atoms with Gasteiger partial charge in [0.1, 0.15) is 23.1 Å². The third-order valence-corrected chi connectivity index (χ3v) is 5.01. The lowest BCUT2D eigenvalue weighted by Gasteiger charge is -2.24. The molecule has 7 heteroatoms. The molecule has 1 amide bonds. The quantitative estimate of drug-likeness (QED) is 0.711. The number of carbonyl (C=O) groups excluding carboxylic acids is 1. The molecule has 0 spiro atoms. The maximum Gasteiger partial charge on any atom is 0.226 e. The molecule has 0 saturated carbocycles. The number of aromatic hydroxyl groups is 1. The summed E-state index contributed by atoms with van der Waals surface area (Å²) in [6.45, 7) is 0.455. The highest BCUT2D eigenvalue weighted by atomic mass is 16.5. The number of rotatable bonds is 5. The summed E-state index contributed by atoms with van der Waals surface area (Å²) < 4.78 is 12.4. The van der Waals surface area contributed by atoms with Crippen molar-refractivity contribution in [2.45, 2.75) is 18.9 Å². The zero-order valence-electron chi connectivity index (χ0n) is 15.7. The van der Waals surface area contributed by atoms with Crippen molar-refractivity contribution in [1.82, 2.24) is 9.78 Å². The second kappa shape index (κ2) is 7.26. The van der Waals surface area contributed by atoms with Crippen LogP contribution < -0.4 is 14.8 Å². The van der Waals surface area contributed by atoms with Crippen molar-refractivity contribution in [3.63, 3.8) is 0 Å². The summed E-state index contributed by atoms with van der Waals surface area (Å²) in [6, 6.07) is 12.7. The molecule has 1 aliphatic rings. The fraction of sp³-hybridized carbons (Fsp3) is 0.238. The third-order valence-electron chi connectivity index (χ3n) is 5.01. The van der Waals surface area contributed by atoms with Crippen molar-refractivity contribution < 1.29 is 19.4 Å². The molecule has 144 valence electrons. The van der Waals surface area contributed by atoms with Crippen molar-refractivity contribution in [2.75, 3.05) is 19.5 Å². The number of nitrogens with zero attached hydrogens (tertiary/aromatic N) is 2. The van der Waals surface area contributed by atoms with Crippen LogP contribution in [0.3, 0.4) is 0 Å². The van der Waals surface area contributed by atoms with E-state index in [2.05, 4.69) is 10.4 Å². The van der Waals surface area contributed by atoms with E-state index in [-0.39, 0.29) is 24.0 Å². The lowest BCUT2D eigenvalue weighted by molar-refractivity contribution is -0.116. The van der Waals surface area contributed by atoms with Gasteiger partial charge >= 0.3 is 0 Å². The van der Waals surface area contributed by atoms with E-state index in [4.69, 9.17) is 9.47 Å². The van der Waals surface area contributed by atoms with Crippen molar-refractivity contribution in [3.05, 3.63) is 65.4 Å². The summed E-state index contributed by atoms with van der Waals surface area (Å²) >= 11 is 0. The minimum atomic E-state index is -0.301. The molecule has 28 heavy (non-hydrogen) atoms. The first-order chi connectivity index (χ1) is 13.6. The Balaban J connectivity index is 1.74. The number of hydrogen-bond acceptors (Lipinski definition) is 5. The van der Waals surface area contributed by atoms with Gasteiger partial charge in [-0.15, -0.1) is 0 Å². The third kappa shape index (κ3) is 3.15. The molecule has 0 fully saturated rings. The standard InChI is InChI=1S/C21H21N3O4/c1-27-14-7-8-18(25)16(9-14)15-10-20(26)23-21-17(15)11-22-24(21)12-13-5-3-4-6-19(13)28-2/h3-9,11,15,25H,10,12H2,1-2H3,(H,23,26)/t15-/m1/s1. The number of benzene rings is 2. The maximum atomic E-state index is 12.4. The smallest absolute Gasteiger partial charge is 0.226 e. The Hall–Kier alpha value is -3.48. The predicted octanol–water partition coefficient (Wildman–Crippen LogP) is 3.13. The van der Waals surface area contributed by atoms with Gasteiger partial charge in [-0.2, -0.15) is 5.10 Å². The van der Waals surface area contributed by atoms with Gasteiger partial charge in [-0.05, 0) is 24.3 Å². The van der Waals surface area contributed by atoms with Crippen LogP contribution in [0.1, 0.15) is 29.0 Å². The topological polar surface area (TPSA) is 85.6 Å². The number of hydrogen-bond donors (Lipinski definition) is 2. The molecule has 0 unspecified atom stereocenters. The number of para-hydroxylation sites is 1. The second-order valence-corrected chi connectivity index (χ2v) is 6.65. The Labute approximate surface area is 162 Å². The van der Waals surface area contributed by atoms with Gasteiger partial charge in [-0.25, -0.2) is 4.68 Å². The molecule has 1 aromatic heterocycles. The van der Waals surface area contributed by atoms with Crippen LogP contribution in [0.2, 0.25) is 0 Å². The van der Waals surface area contributed by atoms with E-state index in [0.29, 0.717) is 23.7 Å².